The lowest BCUT2D eigenvalue weighted by molar-refractivity contribution is -0.141. The molecule has 2 aromatic rings. The molecule has 0 aliphatic heterocycles. The second kappa shape index (κ2) is 13.1. The highest BCUT2D eigenvalue weighted by Crippen LogP contribution is 2.21. The first-order valence-electron chi connectivity index (χ1n) is 10.1. The summed E-state index contributed by atoms with van der Waals surface area (Å²) in [6.45, 7) is 5.32. The van der Waals surface area contributed by atoms with E-state index in [1.807, 2.05) is 6.92 Å². The molecule has 6 N–H and O–H groups in total. The minimum absolute atomic E-state index is 0.160. The third-order valence-corrected chi connectivity index (χ3v) is 4.31. The van der Waals surface area contributed by atoms with Crippen LogP contribution in [0.4, 0.5) is 0 Å². The van der Waals surface area contributed by atoms with Gasteiger partial charge in [-0.3, -0.25) is 19.4 Å². The Morgan fingerprint density at radius 2 is 1.55 bits per heavy atom. The highest BCUT2D eigenvalue weighted by atomic mass is 35.5. The van der Waals surface area contributed by atoms with Crippen LogP contribution in [-0.2, 0) is 9.59 Å². The Kier molecular flexibility index (Phi) is 10.9. The molecule has 0 radical (unpaired) electrons. The van der Waals surface area contributed by atoms with Gasteiger partial charge in [0.25, 0.3) is 5.91 Å². The molecule has 0 aliphatic rings. The third-order valence-electron chi connectivity index (χ3n) is 4.06. The number of amides is 1. The number of carboxylic acid groups (broad SMARTS) is 1. The van der Waals surface area contributed by atoms with E-state index in [1.165, 1.54) is 13.8 Å². The molecule has 0 atom stereocenters. The van der Waals surface area contributed by atoms with Gasteiger partial charge in [0.2, 0.25) is 0 Å². The molecule has 0 saturated heterocycles. The Morgan fingerprint density at radius 3 is 1.97 bits per heavy atom. The smallest absolute Gasteiger partial charge is 0.322 e. The summed E-state index contributed by atoms with van der Waals surface area (Å²) in [5.74, 6) is -1.29. The van der Waals surface area contributed by atoms with Crippen molar-refractivity contribution >= 4 is 35.2 Å². The van der Waals surface area contributed by atoms with Crippen molar-refractivity contribution < 1.29 is 24.2 Å². The van der Waals surface area contributed by atoms with Crippen molar-refractivity contribution in [3.8, 4) is 5.75 Å². The first-order valence-corrected chi connectivity index (χ1v) is 10.5. The number of aliphatic imine (C=N–C) groups is 1. The fourth-order valence-electron chi connectivity index (χ4n) is 2.39. The number of halogens is 1. The van der Waals surface area contributed by atoms with Gasteiger partial charge in [-0.05, 0) is 68.8 Å². The van der Waals surface area contributed by atoms with Gasteiger partial charge in [-0.1, -0.05) is 18.5 Å². The number of guanidine groups is 1. The highest BCUT2D eigenvalue weighted by molar-refractivity contribution is 6.30. The van der Waals surface area contributed by atoms with Gasteiger partial charge in [-0.25, -0.2) is 0 Å². The Labute approximate surface area is 197 Å². The molecule has 0 bridgehead atoms. The number of nitrogens with zero attached hydrogens (tertiary/aromatic N) is 1. The van der Waals surface area contributed by atoms with E-state index >= 15 is 0 Å². The summed E-state index contributed by atoms with van der Waals surface area (Å²) in [7, 11) is 0. The van der Waals surface area contributed by atoms with Crippen molar-refractivity contribution in [2.75, 3.05) is 13.1 Å². The average Bonchev–Trinajstić information content (AvgIpc) is 2.76. The zero-order valence-corrected chi connectivity index (χ0v) is 19.6. The van der Waals surface area contributed by atoms with Crippen LogP contribution in [0.25, 0.3) is 0 Å². The fourth-order valence-corrected chi connectivity index (χ4v) is 2.52. The summed E-state index contributed by atoms with van der Waals surface area (Å²) in [5, 5.41) is 11.4. The number of hydrogen-bond donors (Lipinski definition) is 4. The molecule has 1 amide bonds. The van der Waals surface area contributed by atoms with E-state index in [0.717, 1.165) is 13.0 Å². The second-order valence-corrected chi connectivity index (χ2v) is 7.79. The Hall–Kier alpha value is -3.59. The lowest BCUT2D eigenvalue weighted by Gasteiger charge is -2.25. The Morgan fingerprint density at radius 1 is 1.03 bits per heavy atom. The summed E-state index contributed by atoms with van der Waals surface area (Å²) in [6.07, 6.45) is 0.998. The number of carboxylic acids is 1. The van der Waals surface area contributed by atoms with Crippen molar-refractivity contribution in [2.24, 2.45) is 16.5 Å². The molecule has 178 valence electrons. The van der Waals surface area contributed by atoms with E-state index in [9.17, 15) is 14.4 Å². The van der Waals surface area contributed by atoms with E-state index in [0.29, 0.717) is 21.9 Å². The molecule has 2 aromatic carbocycles. The molecule has 0 unspecified atom stereocenters. The van der Waals surface area contributed by atoms with Crippen LogP contribution in [0.1, 0.15) is 43.1 Å². The standard InChI is InChI=1S/C19H18ClNO5.C4H11N3/c1-19(2,18(25)21-11-16(22)23)26-15-9-5-13(6-10-15)17(24)12-3-7-14(20)8-4-12;1-2-3-7-4(5)6/h3-10H,11H2,1-2H3,(H,21,25)(H,22,23);2-3H2,1H3,(H4,5,6,7). The van der Waals surface area contributed by atoms with Crippen LogP contribution in [0.3, 0.4) is 0 Å². The Bertz CT molecular complexity index is 969. The van der Waals surface area contributed by atoms with Crippen LogP contribution in [0.15, 0.2) is 53.5 Å². The van der Waals surface area contributed by atoms with Crippen molar-refractivity contribution in [1.82, 2.24) is 5.32 Å². The van der Waals surface area contributed by atoms with Crippen LogP contribution < -0.4 is 21.5 Å². The largest absolute Gasteiger partial charge is 0.480 e. The van der Waals surface area contributed by atoms with Gasteiger partial charge >= 0.3 is 5.97 Å². The second-order valence-electron chi connectivity index (χ2n) is 7.36. The van der Waals surface area contributed by atoms with Crippen LogP contribution >= 0.6 is 11.6 Å². The first kappa shape index (κ1) is 27.4. The summed E-state index contributed by atoms with van der Waals surface area (Å²) >= 11 is 5.82. The predicted molar refractivity (Wildman–Crippen MR) is 128 cm³/mol. The van der Waals surface area contributed by atoms with E-state index in [4.69, 9.17) is 32.9 Å². The molecular formula is C23H29ClN4O5. The highest BCUT2D eigenvalue weighted by Gasteiger charge is 2.30. The molecule has 0 spiro atoms. The van der Waals surface area contributed by atoms with Gasteiger partial charge in [0, 0.05) is 22.7 Å². The van der Waals surface area contributed by atoms with Gasteiger partial charge in [0.05, 0.1) is 0 Å². The number of carbonyl (C=O) groups excluding carboxylic acids is 2. The minimum atomic E-state index is -1.27. The number of ether oxygens (including phenoxy) is 1. The molecule has 0 fully saturated rings. The van der Waals surface area contributed by atoms with Gasteiger partial charge in [0.1, 0.15) is 12.3 Å². The summed E-state index contributed by atoms with van der Waals surface area (Å²) in [4.78, 5) is 38.7. The molecular weight excluding hydrogens is 448 g/mol. The molecule has 0 aromatic heterocycles. The van der Waals surface area contributed by atoms with E-state index < -0.39 is 24.0 Å². The fraction of sp³-hybridized carbons (Fsp3) is 0.304. The Balaban J connectivity index is 0.000000675. The van der Waals surface area contributed by atoms with E-state index in [1.54, 1.807) is 48.5 Å². The maximum absolute atomic E-state index is 12.4. The third kappa shape index (κ3) is 10.0. The van der Waals surface area contributed by atoms with E-state index in [2.05, 4.69) is 10.3 Å². The van der Waals surface area contributed by atoms with Gasteiger partial charge in [0.15, 0.2) is 17.3 Å². The van der Waals surface area contributed by atoms with E-state index in [-0.39, 0.29) is 11.7 Å². The van der Waals surface area contributed by atoms with Crippen molar-refractivity contribution in [1.29, 1.82) is 0 Å². The summed E-state index contributed by atoms with van der Waals surface area (Å²) in [5.41, 5.74) is 9.72. The molecule has 0 aliphatic carbocycles. The number of benzene rings is 2. The molecule has 0 saturated carbocycles. The number of carbonyl (C=O) groups is 3. The number of aliphatic carboxylic acids is 1. The van der Waals surface area contributed by atoms with Crippen molar-refractivity contribution in [3.05, 3.63) is 64.7 Å². The number of rotatable bonds is 9. The maximum Gasteiger partial charge on any atom is 0.322 e. The number of ketones is 1. The molecule has 2 rings (SSSR count). The van der Waals surface area contributed by atoms with Crippen LogP contribution in [0.2, 0.25) is 5.02 Å². The predicted octanol–water partition coefficient (Wildman–Crippen LogP) is 2.60. The first-order chi connectivity index (χ1) is 15.5. The lowest BCUT2D eigenvalue weighted by Crippen LogP contribution is -2.47. The average molecular weight is 477 g/mol. The lowest BCUT2D eigenvalue weighted by atomic mass is 10.0. The number of hydrogen-bond acceptors (Lipinski definition) is 5. The van der Waals surface area contributed by atoms with Gasteiger partial charge in [-0.15, -0.1) is 0 Å². The molecule has 0 heterocycles. The SMILES string of the molecule is CC(C)(Oc1ccc(C(=O)c2ccc(Cl)cc2)cc1)C(=O)NCC(=O)O.CCCN=C(N)N. The van der Waals surface area contributed by atoms with Crippen molar-refractivity contribution in [3.63, 3.8) is 0 Å². The molecule has 10 heteroatoms. The number of nitrogens with two attached hydrogens (primary N) is 2. The minimum Gasteiger partial charge on any atom is -0.480 e. The number of nitrogens with one attached hydrogen (secondary N) is 1. The molecule has 9 nitrogen and oxygen atoms in total. The summed E-state index contributed by atoms with van der Waals surface area (Å²) < 4.78 is 5.62. The maximum atomic E-state index is 12.4. The van der Waals surface area contributed by atoms with Gasteiger partial charge in [-0.2, -0.15) is 0 Å². The zero-order chi connectivity index (χ0) is 25.0. The molecule has 33 heavy (non-hydrogen) atoms. The van der Waals surface area contributed by atoms with Crippen molar-refractivity contribution in [2.45, 2.75) is 32.8 Å². The van der Waals surface area contributed by atoms with Gasteiger partial charge < -0.3 is 26.6 Å². The quantitative estimate of drug-likeness (QED) is 0.246. The topological polar surface area (TPSA) is 157 Å². The zero-order valence-electron chi connectivity index (χ0n) is 18.8. The normalized spacial score (nSPS) is 10.3. The summed E-state index contributed by atoms with van der Waals surface area (Å²) in [6, 6.07) is 12.9. The van der Waals surface area contributed by atoms with Crippen LogP contribution in [0, 0.1) is 0 Å². The van der Waals surface area contributed by atoms with Crippen LogP contribution in [-0.4, -0.2) is 47.4 Å². The van der Waals surface area contributed by atoms with Crippen LogP contribution in [0.5, 0.6) is 5.75 Å². The monoisotopic (exact) mass is 476 g/mol.